The molecule has 7 nitrogen and oxygen atoms in total. The van der Waals surface area contributed by atoms with E-state index >= 15 is 0 Å². The molecular formula is C13H13N3O4. The first-order chi connectivity index (χ1) is 9.38. The molecular weight excluding hydrogens is 262 g/mol. The number of nitrogen functional groups attached to an aromatic ring is 1. The van der Waals surface area contributed by atoms with Crippen LogP contribution in [0, 0.1) is 6.92 Å². The van der Waals surface area contributed by atoms with Crippen molar-refractivity contribution in [3.63, 3.8) is 0 Å². The largest absolute Gasteiger partial charge is 0.478 e. The van der Waals surface area contributed by atoms with Gasteiger partial charge in [0.05, 0.1) is 16.7 Å². The van der Waals surface area contributed by atoms with Crippen LogP contribution in [0.1, 0.15) is 5.69 Å². The van der Waals surface area contributed by atoms with Crippen molar-refractivity contribution in [1.82, 2.24) is 9.97 Å². The van der Waals surface area contributed by atoms with E-state index in [1.54, 1.807) is 6.20 Å². The van der Waals surface area contributed by atoms with E-state index in [2.05, 4.69) is 9.97 Å². The third-order valence-electron chi connectivity index (χ3n) is 2.06. The zero-order valence-electron chi connectivity index (χ0n) is 10.6. The summed E-state index contributed by atoms with van der Waals surface area (Å²) in [5, 5.41) is 15.6. The van der Waals surface area contributed by atoms with Gasteiger partial charge in [-0.2, -0.15) is 0 Å². The van der Waals surface area contributed by atoms with E-state index in [0.29, 0.717) is 12.2 Å². The Bertz CT molecular complexity index is 610. The van der Waals surface area contributed by atoms with E-state index in [-0.39, 0.29) is 0 Å². The maximum atomic E-state index is 9.55. The van der Waals surface area contributed by atoms with Crippen LogP contribution in [0.4, 0.5) is 5.69 Å². The number of aryl methyl sites for hydroxylation is 1. The third-order valence-corrected chi connectivity index (χ3v) is 2.06. The molecule has 0 radical (unpaired) electrons. The molecule has 0 saturated carbocycles. The Labute approximate surface area is 114 Å². The van der Waals surface area contributed by atoms with Crippen LogP contribution in [0.25, 0.3) is 11.0 Å². The average Bonchev–Trinajstić information content (AvgIpc) is 2.37. The van der Waals surface area contributed by atoms with Crippen LogP contribution in [0.2, 0.25) is 0 Å². The number of rotatable bonds is 2. The van der Waals surface area contributed by atoms with Crippen LogP contribution in [0.5, 0.6) is 0 Å². The van der Waals surface area contributed by atoms with Gasteiger partial charge in [-0.1, -0.05) is 0 Å². The number of nitrogens with two attached hydrogens (primary N) is 1. The summed E-state index contributed by atoms with van der Waals surface area (Å²) in [6, 6.07) is 5.53. The van der Waals surface area contributed by atoms with E-state index in [4.69, 9.17) is 15.9 Å². The second-order valence-corrected chi connectivity index (χ2v) is 3.77. The van der Waals surface area contributed by atoms with Gasteiger partial charge < -0.3 is 15.9 Å². The molecule has 2 rings (SSSR count). The van der Waals surface area contributed by atoms with E-state index in [1.165, 1.54) is 0 Å². The molecule has 0 aliphatic carbocycles. The van der Waals surface area contributed by atoms with Crippen LogP contribution in [-0.2, 0) is 9.59 Å². The van der Waals surface area contributed by atoms with Crippen LogP contribution in [-0.4, -0.2) is 32.1 Å². The molecule has 0 fully saturated rings. The summed E-state index contributed by atoms with van der Waals surface area (Å²) in [6.07, 6.45) is 2.85. The van der Waals surface area contributed by atoms with Gasteiger partial charge in [0, 0.05) is 24.0 Å². The van der Waals surface area contributed by atoms with Crippen LogP contribution >= 0.6 is 0 Å². The summed E-state index contributed by atoms with van der Waals surface area (Å²) >= 11 is 0. The Morgan fingerprint density at radius 3 is 2.30 bits per heavy atom. The number of aromatic nitrogens is 2. The van der Waals surface area contributed by atoms with E-state index in [0.717, 1.165) is 22.4 Å². The summed E-state index contributed by atoms with van der Waals surface area (Å²) in [4.78, 5) is 27.6. The summed E-state index contributed by atoms with van der Waals surface area (Å²) in [5.41, 5.74) is 8.98. The summed E-state index contributed by atoms with van der Waals surface area (Å²) in [6.45, 7) is 1.92. The fourth-order valence-corrected chi connectivity index (χ4v) is 1.26. The normalized spacial score (nSPS) is 10.1. The van der Waals surface area contributed by atoms with E-state index < -0.39 is 11.9 Å². The monoisotopic (exact) mass is 275 g/mol. The van der Waals surface area contributed by atoms with Gasteiger partial charge in [0.15, 0.2) is 0 Å². The number of carbonyl (C=O) groups is 2. The number of hydrogen-bond acceptors (Lipinski definition) is 5. The molecule has 0 bridgehead atoms. The molecule has 1 aromatic heterocycles. The lowest BCUT2D eigenvalue weighted by atomic mass is 10.2. The predicted octanol–water partition coefficient (Wildman–Crippen LogP) is 1.23. The van der Waals surface area contributed by atoms with Gasteiger partial charge in [0.2, 0.25) is 0 Å². The van der Waals surface area contributed by atoms with Crippen molar-refractivity contribution in [2.45, 2.75) is 6.92 Å². The van der Waals surface area contributed by atoms with Gasteiger partial charge in [-0.05, 0) is 25.1 Å². The van der Waals surface area contributed by atoms with Crippen LogP contribution in [0.15, 0.2) is 36.5 Å². The number of hydrogen-bond donors (Lipinski definition) is 3. The maximum Gasteiger partial charge on any atom is 0.328 e. The highest BCUT2D eigenvalue weighted by molar-refractivity contribution is 5.89. The Morgan fingerprint density at radius 2 is 1.75 bits per heavy atom. The highest BCUT2D eigenvalue weighted by Crippen LogP contribution is 2.12. The standard InChI is InChI=1S/C9H9N3.C4H4O4/c1-6-5-11-9-4-7(10)2-3-8(9)12-6;5-3(6)1-2-4(7)8/h2-5H,10H2,1H3;1-2H,(H,5,6)(H,7,8). The molecule has 1 heterocycles. The number of carboxylic acids is 2. The highest BCUT2D eigenvalue weighted by Gasteiger charge is 1.95. The Morgan fingerprint density at radius 1 is 1.15 bits per heavy atom. The smallest absolute Gasteiger partial charge is 0.328 e. The van der Waals surface area contributed by atoms with Crippen LogP contribution < -0.4 is 5.73 Å². The molecule has 1 aromatic carbocycles. The summed E-state index contributed by atoms with van der Waals surface area (Å²) < 4.78 is 0. The quantitative estimate of drug-likeness (QED) is 0.555. The molecule has 0 saturated heterocycles. The van der Waals surface area contributed by atoms with E-state index in [1.807, 2.05) is 25.1 Å². The van der Waals surface area contributed by atoms with Crippen molar-refractivity contribution < 1.29 is 19.8 Å². The molecule has 0 aliphatic heterocycles. The zero-order chi connectivity index (χ0) is 15.1. The Hall–Kier alpha value is -2.96. The first-order valence-corrected chi connectivity index (χ1v) is 5.51. The van der Waals surface area contributed by atoms with Gasteiger partial charge in [-0.3, -0.25) is 4.98 Å². The number of nitrogens with zero attached hydrogens (tertiary/aromatic N) is 2. The second kappa shape index (κ2) is 6.83. The first kappa shape index (κ1) is 15.1. The number of aliphatic carboxylic acids is 2. The Balaban J connectivity index is 0.000000221. The molecule has 104 valence electrons. The summed E-state index contributed by atoms with van der Waals surface area (Å²) in [7, 11) is 0. The number of fused-ring (bicyclic) bond motifs is 1. The highest BCUT2D eigenvalue weighted by atomic mass is 16.4. The lowest BCUT2D eigenvalue weighted by Crippen LogP contribution is -1.91. The second-order valence-electron chi connectivity index (χ2n) is 3.77. The van der Waals surface area contributed by atoms with Crippen molar-refractivity contribution in [2.24, 2.45) is 0 Å². The number of anilines is 1. The molecule has 0 aliphatic rings. The molecule has 4 N–H and O–H groups in total. The minimum absolute atomic E-state index is 0.558. The maximum absolute atomic E-state index is 9.55. The van der Waals surface area contributed by atoms with Crippen molar-refractivity contribution >= 4 is 28.7 Å². The average molecular weight is 275 g/mol. The SMILES string of the molecule is Cc1cnc2cc(N)ccc2n1.O=C(O)C=CC(=O)O. The van der Waals surface area contributed by atoms with E-state index in [9.17, 15) is 9.59 Å². The molecule has 7 heteroatoms. The minimum atomic E-state index is -1.26. The lowest BCUT2D eigenvalue weighted by molar-refractivity contribution is -0.134. The van der Waals surface area contributed by atoms with Crippen molar-refractivity contribution in [3.8, 4) is 0 Å². The topological polar surface area (TPSA) is 126 Å². The predicted molar refractivity (Wildman–Crippen MR) is 73.1 cm³/mol. The number of carboxylic acid groups (broad SMARTS) is 2. The van der Waals surface area contributed by atoms with Crippen molar-refractivity contribution in [1.29, 1.82) is 0 Å². The first-order valence-electron chi connectivity index (χ1n) is 5.51. The fourth-order valence-electron chi connectivity index (χ4n) is 1.26. The van der Waals surface area contributed by atoms with Crippen LogP contribution in [0.3, 0.4) is 0 Å². The van der Waals surface area contributed by atoms with Gasteiger partial charge >= 0.3 is 11.9 Å². The van der Waals surface area contributed by atoms with Crippen molar-refractivity contribution in [2.75, 3.05) is 5.73 Å². The molecule has 20 heavy (non-hydrogen) atoms. The fraction of sp³-hybridized carbons (Fsp3) is 0.0769. The Kier molecular flexibility index (Phi) is 5.16. The molecule has 0 amide bonds. The minimum Gasteiger partial charge on any atom is -0.478 e. The van der Waals surface area contributed by atoms with Gasteiger partial charge in [-0.15, -0.1) is 0 Å². The zero-order valence-corrected chi connectivity index (χ0v) is 10.6. The summed E-state index contributed by atoms with van der Waals surface area (Å²) in [5.74, 6) is -2.51. The molecule has 0 atom stereocenters. The molecule has 2 aromatic rings. The molecule has 0 spiro atoms. The molecule has 0 unspecified atom stereocenters. The number of benzene rings is 1. The lowest BCUT2D eigenvalue weighted by Gasteiger charge is -1.98. The van der Waals surface area contributed by atoms with Gasteiger partial charge in [0.1, 0.15) is 0 Å². The van der Waals surface area contributed by atoms with Gasteiger partial charge in [-0.25, -0.2) is 14.6 Å². The van der Waals surface area contributed by atoms with Gasteiger partial charge in [0.25, 0.3) is 0 Å². The third kappa shape index (κ3) is 5.13. The van der Waals surface area contributed by atoms with Crippen molar-refractivity contribution in [3.05, 3.63) is 42.2 Å².